The summed E-state index contributed by atoms with van der Waals surface area (Å²) in [6.07, 6.45) is 29.5. The Balaban J connectivity index is 4.38. The molecule has 0 spiro atoms. The number of aliphatic carboxylic acids is 1. The van der Waals surface area contributed by atoms with Crippen LogP contribution in [0.2, 0.25) is 0 Å². The topological polar surface area (TPSA) is 102 Å². The third-order valence-electron chi connectivity index (χ3n) is 8.65. The van der Waals surface area contributed by atoms with Crippen LogP contribution >= 0.6 is 0 Å². The number of carboxylic acids is 1. The Morgan fingerprint density at radius 2 is 1.06 bits per heavy atom. The van der Waals surface area contributed by atoms with Gasteiger partial charge in [0, 0.05) is 19.3 Å². The average molecular weight is 668 g/mol. The highest BCUT2D eigenvalue weighted by atomic mass is 16.6. The second-order valence-corrected chi connectivity index (χ2v) is 14.2. The van der Waals surface area contributed by atoms with Crippen LogP contribution in [0.25, 0.3) is 0 Å². The molecule has 0 N–H and O–H groups in total. The van der Waals surface area contributed by atoms with Crippen molar-refractivity contribution in [3.05, 3.63) is 12.2 Å². The fraction of sp³-hybridized carbons (Fsp3) is 0.872. The number of ether oxygens (including phenoxy) is 3. The average Bonchev–Trinajstić information content (AvgIpc) is 3.01. The first-order chi connectivity index (χ1) is 22.6. The molecule has 0 saturated carbocycles. The van der Waals surface area contributed by atoms with E-state index in [1.807, 2.05) is 0 Å². The lowest BCUT2D eigenvalue weighted by Crippen LogP contribution is -2.55. The van der Waals surface area contributed by atoms with Gasteiger partial charge >= 0.3 is 11.9 Å². The summed E-state index contributed by atoms with van der Waals surface area (Å²) in [5.41, 5.74) is 0. The Hall–Kier alpha value is -1.93. The van der Waals surface area contributed by atoms with Crippen molar-refractivity contribution in [3.8, 4) is 0 Å². The predicted octanol–water partition coefficient (Wildman–Crippen LogP) is 8.24. The van der Waals surface area contributed by atoms with Crippen molar-refractivity contribution in [2.45, 2.75) is 180 Å². The quantitative estimate of drug-likeness (QED) is 0.0295. The van der Waals surface area contributed by atoms with Gasteiger partial charge in [-0.25, -0.2) is 0 Å². The highest BCUT2D eigenvalue weighted by molar-refractivity contribution is 5.70. The highest BCUT2D eigenvalue weighted by Gasteiger charge is 2.25. The highest BCUT2D eigenvalue weighted by Crippen LogP contribution is 2.13. The van der Waals surface area contributed by atoms with Gasteiger partial charge in [-0.05, 0) is 38.5 Å². The SMILES string of the molecule is CCCCCC/C=C/CCCCCCCCCC(=O)OC(COCCC(C(=O)[O-])[N+](C)(C)C)COC(=O)CCCCCCCCCC. The van der Waals surface area contributed by atoms with Gasteiger partial charge in [0.15, 0.2) is 6.10 Å². The van der Waals surface area contributed by atoms with Gasteiger partial charge in [-0.3, -0.25) is 9.59 Å². The van der Waals surface area contributed by atoms with E-state index in [-0.39, 0.29) is 42.7 Å². The number of hydrogen-bond donors (Lipinski definition) is 0. The Bertz CT molecular complexity index is 793. The molecule has 0 aromatic carbocycles. The molecule has 0 aliphatic heterocycles. The molecule has 2 atom stereocenters. The molecule has 0 bridgehead atoms. The maximum Gasteiger partial charge on any atom is 0.306 e. The number of unbranched alkanes of at least 4 members (excludes halogenated alkanes) is 18. The van der Waals surface area contributed by atoms with Crippen LogP contribution < -0.4 is 5.11 Å². The molecule has 8 nitrogen and oxygen atoms in total. The van der Waals surface area contributed by atoms with Gasteiger partial charge in [0.1, 0.15) is 12.6 Å². The van der Waals surface area contributed by atoms with Crippen LogP contribution in [0.15, 0.2) is 12.2 Å². The minimum Gasteiger partial charge on any atom is -0.544 e. The fourth-order valence-corrected chi connectivity index (χ4v) is 5.59. The Labute approximate surface area is 289 Å². The summed E-state index contributed by atoms with van der Waals surface area (Å²) in [6.45, 7) is 4.61. The number of quaternary nitrogens is 1. The first-order valence-corrected chi connectivity index (χ1v) is 19.2. The smallest absolute Gasteiger partial charge is 0.306 e. The molecular weight excluding hydrogens is 594 g/mol. The molecule has 0 rings (SSSR count). The van der Waals surface area contributed by atoms with E-state index in [2.05, 4.69) is 26.0 Å². The molecule has 0 radical (unpaired) electrons. The summed E-state index contributed by atoms with van der Waals surface area (Å²) in [5, 5.41) is 11.6. The molecule has 276 valence electrons. The molecule has 0 aliphatic carbocycles. The van der Waals surface area contributed by atoms with Crippen LogP contribution in [0.4, 0.5) is 0 Å². The number of esters is 2. The monoisotopic (exact) mass is 668 g/mol. The zero-order valence-electron chi connectivity index (χ0n) is 31.2. The maximum atomic E-state index is 12.6. The summed E-state index contributed by atoms with van der Waals surface area (Å²) in [4.78, 5) is 36.5. The Kier molecular flexibility index (Phi) is 30.1. The Morgan fingerprint density at radius 1 is 0.617 bits per heavy atom. The standard InChI is InChI=1S/C39H73NO7/c1-6-8-10-12-14-16-17-18-19-20-21-22-24-26-28-30-38(42)47-35(33-45-32-31-36(39(43)44)40(3,4)5)34-46-37(41)29-27-25-23-15-13-11-9-7-2/h16-17,35-36H,6-15,18-34H2,1-5H3/b17-16+. The van der Waals surface area contributed by atoms with E-state index in [1.54, 1.807) is 21.1 Å². The molecule has 0 heterocycles. The second kappa shape index (κ2) is 31.3. The van der Waals surface area contributed by atoms with E-state index >= 15 is 0 Å². The minimum absolute atomic E-state index is 0.0434. The van der Waals surface area contributed by atoms with Crippen molar-refractivity contribution in [2.75, 3.05) is 41.0 Å². The van der Waals surface area contributed by atoms with Gasteiger partial charge in [0.2, 0.25) is 0 Å². The van der Waals surface area contributed by atoms with Crippen molar-refractivity contribution in [3.63, 3.8) is 0 Å². The second-order valence-electron chi connectivity index (χ2n) is 14.2. The van der Waals surface area contributed by atoms with Gasteiger partial charge in [-0.1, -0.05) is 122 Å². The zero-order chi connectivity index (χ0) is 35.0. The largest absolute Gasteiger partial charge is 0.544 e. The summed E-state index contributed by atoms with van der Waals surface area (Å²) in [6, 6.07) is -0.720. The number of carbonyl (C=O) groups is 3. The van der Waals surface area contributed by atoms with Crippen LogP contribution in [-0.4, -0.2) is 75.5 Å². The van der Waals surface area contributed by atoms with E-state index < -0.39 is 18.1 Å². The lowest BCUT2D eigenvalue weighted by atomic mass is 10.1. The first kappa shape index (κ1) is 45.1. The van der Waals surface area contributed by atoms with Crippen molar-refractivity contribution < 1.29 is 38.2 Å². The molecule has 2 unspecified atom stereocenters. The van der Waals surface area contributed by atoms with Gasteiger partial charge in [-0.15, -0.1) is 0 Å². The lowest BCUT2D eigenvalue weighted by Gasteiger charge is -2.34. The molecule has 0 fully saturated rings. The third kappa shape index (κ3) is 29.9. The fourth-order valence-electron chi connectivity index (χ4n) is 5.59. The van der Waals surface area contributed by atoms with Gasteiger partial charge < -0.3 is 28.6 Å². The van der Waals surface area contributed by atoms with Crippen LogP contribution in [-0.2, 0) is 28.6 Å². The van der Waals surface area contributed by atoms with Gasteiger partial charge in [0.05, 0.1) is 40.3 Å². The van der Waals surface area contributed by atoms with Gasteiger partial charge in [0.25, 0.3) is 0 Å². The normalized spacial score (nSPS) is 13.1. The van der Waals surface area contributed by atoms with Crippen LogP contribution in [0, 0.1) is 0 Å². The third-order valence-corrected chi connectivity index (χ3v) is 8.65. The van der Waals surface area contributed by atoms with Crippen LogP contribution in [0.3, 0.4) is 0 Å². The number of rotatable bonds is 34. The molecule has 0 amide bonds. The summed E-state index contributed by atoms with van der Waals surface area (Å²) in [7, 11) is 5.39. The first-order valence-electron chi connectivity index (χ1n) is 19.2. The molecule has 47 heavy (non-hydrogen) atoms. The molecule has 0 saturated heterocycles. The van der Waals surface area contributed by atoms with Gasteiger partial charge in [-0.2, -0.15) is 0 Å². The summed E-state index contributed by atoms with van der Waals surface area (Å²) >= 11 is 0. The van der Waals surface area contributed by atoms with Crippen LogP contribution in [0.1, 0.15) is 168 Å². The number of carboxylic acid groups (broad SMARTS) is 1. The lowest BCUT2D eigenvalue weighted by molar-refractivity contribution is -0.889. The van der Waals surface area contributed by atoms with E-state index in [0.29, 0.717) is 12.8 Å². The van der Waals surface area contributed by atoms with Crippen LogP contribution in [0.5, 0.6) is 0 Å². The van der Waals surface area contributed by atoms with Crippen molar-refractivity contribution in [2.24, 2.45) is 0 Å². The van der Waals surface area contributed by atoms with E-state index in [1.165, 1.54) is 96.3 Å². The van der Waals surface area contributed by atoms with E-state index in [0.717, 1.165) is 38.5 Å². The number of carbonyl (C=O) groups excluding carboxylic acids is 3. The number of likely N-dealkylation sites (N-methyl/N-ethyl adjacent to an activating group) is 1. The molecule has 0 aromatic heterocycles. The zero-order valence-corrected chi connectivity index (χ0v) is 31.2. The summed E-state index contributed by atoms with van der Waals surface area (Å²) < 4.78 is 17.0. The number of nitrogens with zero attached hydrogens (tertiary/aromatic N) is 1. The maximum absolute atomic E-state index is 12.6. The summed E-state index contributed by atoms with van der Waals surface area (Å²) in [5.74, 6) is -1.74. The van der Waals surface area contributed by atoms with Crippen molar-refractivity contribution in [1.82, 2.24) is 0 Å². The molecule has 0 aromatic rings. The minimum atomic E-state index is -1.13. The molecule has 0 aliphatic rings. The molecular formula is C39H73NO7. The van der Waals surface area contributed by atoms with E-state index in [4.69, 9.17) is 14.2 Å². The predicted molar refractivity (Wildman–Crippen MR) is 190 cm³/mol. The Morgan fingerprint density at radius 3 is 1.55 bits per heavy atom. The number of hydrogen-bond acceptors (Lipinski definition) is 7. The number of allylic oxidation sites excluding steroid dienone is 2. The molecule has 8 heteroatoms. The van der Waals surface area contributed by atoms with Crippen molar-refractivity contribution in [1.29, 1.82) is 0 Å². The van der Waals surface area contributed by atoms with E-state index in [9.17, 15) is 19.5 Å². The van der Waals surface area contributed by atoms with Crippen molar-refractivity contribution >= 4 is 17.9 Å².